The van der Waals surface area contributed by atoms with Gasteiger partial charge in [-0.05, 0) is 47.9 Å². The lowest BCUT2D eigenvalue weighted by atomic mass is 10.0. The first-order valence-electron chi connectivity index (χ1n) is 5.12. The summed E-state index contributed by atoms with van der Waals surface area (Å²) < 4.78 is 13.3. The Bertz CT molecular complexity index is 578. The summed E-state index contributed by atoms with van der Waals surface area (Å²) in [6, 6.07) is 10.0. The van der Waals surface area contributed by atoms with E-state index in [2.05, 4.69) is 0 Å². The van der Waals surface area contributed by atoms with Gasteiger partial charge in [0.05, 0.1) is 5.02 Å². The van der Waals surface area contributed by atoms with Crippen molar-refractivity contribution < 1.29 is 9.18 Å². The van der Waals surface area contributed by atoms with Crippen molar-refractivity contribution >= 4 is 17.9 Å². The quantitative estimate of drug-likeness (QED) is 0.726. The highest BCUT2D eigenvalue weighted by molar-refractivity contribution is 6.30. The van der Waals surface area contributed by atoms with E-state index in [0.29, 0.717) is 11.1 Å². The van der Waals surface area contributed by atoms with Crippen LogP contribution >= 0.6 is 11.6 Å². The minimum absolute atomic E-state index is 0.0945. The third-order valence-corrected chi connectivity index (χ3v) is 2.80. The molecule has 0 radical (unpaired) electrons. The van der Waals surface area contributed by atoms with E-state index in [1.807, 2.05) is 13.0 Å². The lowest BCUT2D eigenvalue weighted by Gasteiger charge is -2.05. The van der Waals surface area contributed by atoms with Crippen molar-refractivity contribution in [2.75, 3.05) is 0 Å². The Morgan fingerprint density at radius 1 is 1.12 bits per heavy atom. The van der Waals surface area contributed by atoms with Gasteiger partial charge in [-0.3, -0.25) is 4.79 Å². The van der Waals surface area contributed by atoms with E-state index in [4.69, 9.17) is 11.6 Å². The van der Waals surface area contributed by atoms with E-state index in [9.17, 15) is 9.18 Å². The smallest absolute Gasteiger partial charge is 0.150 e. The summed E-state index contributed by atoms with van der Waals surface area (Å²) in [5, 5.41) is 0.0945. The minimum atomic E-state index is -0.460. The van der Waals surface area contributed by atoms with Crippen molar-refractivity contribution in [3.8, 4) is 11.1 Å². The van der Waals surface area contributed by atoms with Crippen molar-refractivity contribution in [1.29, 1.82) is 0 Å². The number of benzene rings is 2. The molecule has 0 bridgehead atoms. The fraction of sp³-hybridized carbons (Fsp3) is 0.0714. The highest BCUT2D eigenvalue weighted by Crippen LogP contribution is 2.25. The van der Waals surface area contributed by atoms with Crippen molar-refractivity contribution in [3.05, 3.63) is 58.4 Å². The molecule has 3 heteroatoms. The largest absolute Gasteiger partial charge is 0.298 e. The van der Waals surface area contributed by atoms with Crippen LogP contribution in [0.25, 0.3) is 11.1 Å². The summed E-state index contributed by atoms with van der Waals surface area (Å²) >= 11 is 5.63. The van der Waals surface area contributed by atoms with Crippen LogP contribution in [0, 0.1) is 12.7 Å². The van der Waals surface area contributed by atoms with Gasteiger partial charge in [0.15, 0.2) is 0 Å². The third-order valence-electron chi connectivity index (χ3n) is 2.49. The van der Waals surface area contributed by atoms with Crippen LogP contribution in [0.5, 0.6) is 0 Å². The fourth-order valence-corrected chi connectivity index (χ4v) is 1.84. The van der Waals surface area contributed by atoms with Gasteiger partial charge in [0.1, 0.15) is 12.1 Å². The highest BCUT2D eigenvalue weighted by Gasteiger charge is 2.05. The number of rotatable bonds is 2. The minimum Gasteiger partial charge on any atom is -0.298 e. The Balaban J connectivity index is 2.55. The van der Waals surface area contributed by atoms with E-state index in [-0.39, 0.29) is 5.02 Å². The molecule has 0 spiro atoms. The SMILES string of the molecule is Cc1cc(C=O)cc(-c2ccc(Cl)c(F)c2)c1. The van der Waals surface area contributed by atoms with Crippen molar-refractivity contribution in [3.63, 3.8) is 0 Å². The van der Waals surface area contributed by atoms with Gasteiger partial charge in [-0.2, -0.15) is 0 Å². The van der Waals surface area contributed by atoms with Crippen molar-refractivity contribution in [2.45, 2.75) is 6.92 Å². The Kier molecular flexibility index (Phi) is 3.25. The van der Waals surface area contributed by atoms with E-state index in [0.717, 1.165) is 17.4 Å². The molecular weight excluding hydrogens is 239 g/mol. The van der Waals surface area contributed by atoms with Crippen LogP contribution in [-0.4, -0.2) is 6.29 Å². The molecule has 17 heavy (non-hydrogen) atoms. The second-order valence-corrected chi connectivity index (χ2v) is 4.29. The molecule has 0 saturated heterocycles. The van der Waals surface area contributed by atoms with Gasteiger partial charge in [-0.15, -0.1) is 0 Å². The highest BCUT2D eigenvalue weighted by atomic mass is 35.5. The van der Waals surface area contributed by atoms with Gasteiger partial charge >= 0.3 is 0 Å². The number of halogens is 2. The molecule has 0 unspecified atom stereocenters. The van der Waals surface area contributed by atoms with E-state index >= 15 is 0 Å². The monoisotopic (exact) mass is 248 g/mol. The number of aldehydes is 1. The summed E-state index contributed by atoms with van der Waals surface area (Å²) in [6.07, 6.45) is 0.781. The summed E-state index contributed by atoms with van der Waals surface area (Å²) in [4.78, 5) is 10.8. The topological polar surface area (TPSA) is 17.1 Å². The van der Waals surface area contributed by atoms with Crippen LogP contribution < -0.4 is 0 Å². The third kappa shape index (κ3) is 2.53. The maximum absolute atomic E-state index is 13.3. The number of hydrogen-bond acceptors (Lipinski definition) is 1. The van der Waals surface area contributed by atoms with E-state index in [1.54, 1.807) is 18.2 Å². The van der Waals surface area contributed by atoms with Crippen LogP contribution in [0.3, 0.4) is 0 Å². The van der Waals surface area contributed by atoms with Crippen molar-refractivity contribution in [2.24, 2.45) is 0 Å². The lowest BCUT2D eigenvalue weighted by molar-refractivity contribution is 0.112. The molecule has 0 aromatic heterocycles. The zero-order valence-electron chi connectivity index (χ0n) is 9.21. The van der Waals surface area contributed by atoms with Gasteiger partial charge in [-0.1, -0.05) is 23.7 Å². The van der Waals surface area contributed by atoms with Crippen LogP contribution in [-0.2, 0) is 0 Å². The number of hydrogen-bond donors (Lipinski definition) is 0. The number of carbonyl (C=O) groups is 1. The van der Waals surface area contributed by atoms with Crippen molar-refractivity contribution in [1.82, 2.24) is 0 Å². The summed E-state index contributed by atoms with van der Waals surface area (Å²) in [5.41, 5.74) is 3.05. The lowest BCUT2D eigenvalue weighted by Crippen LogP contribution is -1.87. The van der Waals surface area contributed by atoms with Crippen LogP contribution in [0.15, 0.2) is 36.4 Å². The Morgan fingerprint density at radius 2 is 1.88 bits per heavy atom. The molecule has 86 valence electrons. The van der Waals surface area contributed by atoms with Crippen LogP contribution in [0.2, 0.25) is 5.02 Å². The Hall–Kier alpha value is -1.67. The summed E-state index contributed by atoms with van der Waals surface area (Å²) in [5.74, 6) is -0.460. The first-order valence-corrected chi connectivity index (χ1v) is 5.50. The fourth-order valence-electron chi connectivity index (χ4n) is 1.72. The van der Waals surface area contributed by atoms with E-state index < -0.39 is 5.82 Å². The molecule has 0 aliphatic carbocycles. The molecule has 0 N–H and O–H groups in total. The predicted octanol–water partition coefficient (Wildman–Crippen LogP) is 4.27. The number of aryl methyl sites for hydroxylation is 1. The summed E-state index contributed by atoms with van der Waals surface area (Å²) in [6.45, 7) is 1.89. The molecule has 2 aromatic rings. The average Bonchev–Trinajstić information content (AvgIpc) is 2.32. The van der Waals surface area contributed by atoms with Crippen LogP contribution in [0.1, 0.15) is 15.9 Å². The molecule has 0 aliphatic rings. The standard InChI is InChI=1S/C14H10ClFO/c1-9-4-10(8-17)6-12(5-9)11-2-3-13(15)14(16)7-11/h2-8H,1H3. The average molecular weight is 249 g/mol. The maximum atomic E-state index is 13.3. The number of carbonyl (C=O) groups excluding carboxylic acids is 1. The predicted molar refractivity (Wildman–Crippen MR) is 67.0 cm³/mol. The van der Waals surface area contributed by atoms with Gasteiger partial charge in [0.25, 0.3) is 0 Å². The maximum Gasteiger partial charge on any atom is 0.150 e. The first kappa shape index (κ1) is 11.8. The second kappa shape index (κ2) is 4.68. The Labute approximate surface area is 104 Å². The molecule has 0 aliphatic heterocycles. The zero-order valence-corrected chi connectivity index (χ0v) is 9.96. The molecular formula is C14H10ClFO. The van der Waals surface area contributed by atoms with Crippen LogP contribution in [0.4, 0.5) is 4.39 Å². The van der Waals surface area contributed by atoms with Gasteiger partial charge in [0.2, 0.25) is 0 Å². The molecule has 0 heterocycles. The molecule has 0 saturated carbocycles. The van der Waals surface area contributed by atoms with Gasteiger partial charge in [-0.25, -0.2) is 4.39 Å². The first-order chi connectivity index (χ1) is 8.10. The molecule has 0 amide bonds. The molecule has 2 rings (SSSR count). The van der Waals surface area contributed by atoms with E-state index in [1.165, 1.54) is 12.1 Å². The Morgan fingerprint density at radius 3 is 2.53 bits per heavy atom. The zero-order chi connectivity index (χ0) is 12.4. The summed E-state index contributed by atoms with van der Waals surface area (Å²) in [7, 11) is 0. The molecule has 0 atom stereocenters. The molecule has 1 nitrogen and oxygen atoms in total. The van der Waals surface area contributed by atoms with Gasteiger partial charge in [0, 0.05) is 5.56 Å². The second-order valence-electron chi connectivity index (χ2n) is 3.88. The van der Waals surface area contributed by atoms with Gasteiger partial charge < -0.3 is 0 Å². The molecule has 0 fully saturated rings. The molecule has 2 aromatic carbocycles. The normalized spacial score (nSPS) is 10.3.